The van der Waals surface area contributed by atoms with Gasteiger partial charge in [-0.15, -0.1) is 0 Å². The van der Waals surface area contributed by atoms with Crippen molar-refractivity contribution in [2.75, 3.05) is 7.11 Å². The molecule has 0 saturated carbocycles. The Balaban J connectivity index is 2.73. The van der Waals surface area contributed by atoms with Crippen LogP contribution in [0.5, 0.6) is 5.75 Å². The zero-order valence-electron chi connectivity index (χ0n) is 8.71. The second-order valence-corrected chi connectivity index (χ2v) is 4.17. The van der Waals surface area contributed by atoms with Gasteiger partial charge >= 0.3 is 0 Å². The second kappa shape index (κ2) is 5.37. The van der Waals surface area contributed by atoms with Crippen molar-refractivity contribution in [3.8, 4) is 5.75 Å². The highest BCUT2D eigenvalue weighted by atomic mass is 79.9. The molecule has 0 heterocycles. The lowest BCUT2D eigenvalue weighted by atomic mass is 10.2. The molecule has 0 N–H and O–H groups in total. The van der Waals surface area contributed by atoms with E-state index < -0.39 is 0 Å². The predicted molar refractivity (Wildman–Crippen MR) is 60.6 cm³/mol. The molecule has 0 atom stereocenters. The summed E-state index contributed by atoms with van der Waals surface area (Å²) >= 11 is 3.47. The molecule has 0 saturated heterocycles. The van der Waals surface area contributed by atoms with E-state index in [9.17, 15) is 0 Å². The fourth-order valence-corrected chi connectivity index (χ4v) is 1.41. The molecule has 3 heteroatoms. The van der Waals surface area contributed by atoms with E-state index in [4.69, 9.17) is 9.47 Å². The maximum absolute atomic E-state index is 5.52. The number of hydrogen-bond donors (Lipinski definition) is 0. The minimum absolute atomic E-state index is 0.244. The van der Waals surface area contributed by atoms with Gasteiger partial charge in [0.2, 0.25) is 0 Å². The smallest absolute Gasteiger partial charge is 0.119 e. The van der Waals surface area contributed by atoms with E-state index in [1.165, 1.54) is 0 Å². The van der Waals surface area contributed by atoms with Gasteiger partial charge in [0.1, 0.15) is 5.75 Å². The fraction of sp³-hybridized carbons (Fsp3) is 0.455. The molecular weight excluding hydrogens is 244 g/mol. The largest absolute Gasteiger partial charge is 0.497 e. The highest BCUT2D eigenvalue weighted by Gasteiger charge is 2.03. The number of hydrogen-bond acceptors (Lipinski definition) is 2. The van der Waals surface area contributed by atoms with Crippen LogP contribution in [0.25, 0.3) is 0 Å². The molecule has 78 valence electrons. The zero-order chi connectivity index (χ0) is 10.6. The van der Waals surface area contributed by atoms with Gasteiger partial charge in [-0.3, -0.25) is 0 Å². The first kappa shape index (κ1) is 11.5. The molecule has 0 amide bonds. The van der Waals surface area contributed by atoms with Crippen molar-refractivity contribution >= 4 is 15.9 Å². The molecule has 0 bridgehead atoms. The van der Waals surface area contributed by atoms with Gasteiger partial charge in [0, 0.05) is 4.47 Å². The zero-order valence-corrected chi connectivity index (χ0v) is 10.3. The summed E-state index contributed by atoms with van der Waals surface area (Å²) in [7, 11) is 1.66. The SMILES string of the molecule is COc1ccc(Br)c(COC(C)C)c1. The lowest BCUT2D eigenvalue weighted by Gasteiger charge is -2.10. The molecule has 0 aliphatic carbocycles. The van der Waals surface area contributed by atoms with Crippen molar-refractivity contribution in [2.24, 2.45) is 0 Å². The summed E-state index contributed by atoms with van der Waals surface area (Å²) in [6.45, 7) is 4.65. The van der Waals surface area contributed by atoms with Crippen molar-refractivity contribution in [1.29, 1.82) is 0 Å². The molecular formula is C11H15BrO2. The van der Waals surface area contributed by atoms with E-state index in [-0.39, 0.29) is 6.10 Å². The van der Waals surface area contributed by atoms with E-state index in [0.29, 0.717) is 6.61 Å². The first-order valence-electron chi connectivity index (χ1n) is 4.57. The number of halogens is 1. The molecule has 0 aromatic heterocycles. The third-order valence-corrected chi connectivity index (χ3v) is 2.60. The van der Waals surface area contributed by atoms with Gasteiger partial charge in [-0.05, 0) is 37.6 Å². The van der Waals surface area contributed by atoms with Gasteiger partial charge in [0.25, 0.3) is 0 Å². The molecule has 0 aliphatic rings. The van der Waals surface area contributed by atoms with Crippen LogP contribution < -0.4 is 4.74 Å². The average Bonchev–Trinajstić information content (AvgIpc) is 2.16. The first-order chi connectivity index (χ1) is 6.63. The molecule has 1 aromatic carbocycles. The fourth-order valence-electron chi connectivity index (χ4n) is 1.05. The Labute approximate surface area is 93.4 Å². The predicted octanol–water partition coefficient (Wildman–Crippen LogP) is 3.38. The third-order valence-electron chi connectivity index (χ3n) is 1.83. The Morgan fingerprint density at radius 3 is 2.64 bits per heavy atom. The summed E-state index contributed by atoms with van der Waals surface area (Å²) in [6, 6.07) is 5.87. The highest BCUT2D eigenvalue weighted by molar-refractivity contribution is 9.10. The van der Waals surface area contributed by atoms with Gasteiger partial charge in [-0.2, -0.15) is 0 Å². The summed E-state index contributed by atoms with van der Waals surface area (Å²) in [5, 5.41) is 0. The van der Waals surface area contributed by atoms with Gasteiger partial charge in [-0.1, -0.05) is 15.9 Å². The van der Waals surface area contributed by atoms with Gasteiger partial charge < -0.3 is 9.47 Å². The Kier molecular flexibility index (Phi) is 4.42. The molecule has 1 aromatic rings. The summed E-state index contributed by atoms with van der Waals surface area (Å²) in [4.78, 5) is 0. The molecule has 0 aliphatic heterocycles. The maximum atomic E-state index is 5.52. The van der Waals surface area contributed by atoms with E-state index >= 15 is 0 Å². The van der Waals surface area contributed by atoms with E-state index in [1.807, 2.05) is 32.0 Å². The third kappa shape index (κ3) is 3.31. The Morgan fingerprint density at radius 2 is 2.07 bits per heavy atom. The first-order valence-corrected chi connectivity index (χ1v) is 5.37. The molecule has 0 fully saturated rings. The van der Waals surface area contributed by atoms with Crippen LogP contribution in [0.2, 0.25) is 0 Å². The van der Waals surface area contributed by atoms with Crippen LogP contribution in [0.1, 0.15) is 19.4 Å². The quantitative estimate of drug-likeness (QED) is 0.825. The van der Waals surface area contributed by atoms with Crippen molar-refractivity contribution in [3.05, 3.63) is 28.2 Å². The Morgan fingerprint density at radius 1 is 1.36 bits per heavy atom. The van der Waals surface area contributed by atoms with Gasteiger partial charge in [-0.25, -0.2) is 0 Å². The van der Waals surface area contributed by atoms with Crippen LogP contribution in [0.15, 0.2) is 22.7 Å². The summed E-state index contributed by atoms with van der Waals surface area (Å²) in [6.07, 6.45) is 0.244. The normalized spacial score (nSPS) is 10.6. The van der Waals surface area contributed by atoms with Crippen LogP contribution in [0.4, 0.5) is 0 Å². The van der Waals surface area contributed by atoms with Gasteiger partial charge in [0.15, 0.2) is 0 Å². The lowest BCUT2D eigenvalue weighted by Crippen LogP contribution is -2.02. The van der Waals surface area contributed by atoms with Crippen molar-refractivity contribution < 1.29 is 9.47 Å². The van der Waals surface area contributed by atoms with Crippen LogP contribution in [-0.2, 0) is 11.3 Å². The number of benzene rings is 1. The van der Waals surface area contributed by atoms with Crippen molar-refractivity contribution in [2.45, 2.75) is 26.6 Å². The standard InChI is InChI=1S/C11H15BrO2/c1-8(2)14-7-9-6-10(13-3)4-5-11(9)12/h4-6,8H,7H2,1-3H3. The monoisotopic (exact) mass is 258 g/mol. The molecule has 14 heavy (non-hydrogen) atoms. The Bertz CT molecular complexity index is 297. The summed E-state index contributed by atoms with van der Waals surface area (Å²) < 4.78 is 11.7. The van der Waals surface area contributed by atoms with Crippen molar-refractivity contribution in [3.63, 3.8) is 0 Å². The van der Waals surface area contributed by atoms with Crippen LogP contribution in [0, 0.1) is 0 Å². The van der Waals surface area contributed by atoms with Gasteiger partial charge in [0.05, 0.1) is 19.8 Å². The van der Waals surface area contributed by atoms with E-state index in [2.05, 4.69) is 15.9 Å². The molecule has 1 rings (SSSR count). The minimum atomic E-state index is 0.244. The average molecular weight is 259 g/mol. The van der Waals surface area contributed by atoms with Crippen LogP contribution >= 0.6 is 15.9 Å². The number of ether oxygens (including phenoxy) is 2. The molecule has 2 nitrogen and oxygen atoms in total. The lowest BCUT2D eigenvalue weighted by molar-refractivity contribution is 0.0652. The van der Waals surface area contributed by atoms with E-state index in [0.717, 1.165) is 15.8 Å². The number of methoxy groups -OCH3 is 1. The summed E-state index contributed by atoms with van der Waals surface area (Å²) in [5.74, 6) is 0.857. The Hall–Kier alpha value is -0.540. The molecule has 0 unspecified atom stereocenters. The second-order valence-electron chi connectivity index (χ2n) is 3.32. The van der Waals surface area contributed by atoms with Crippen molar-refractivity contribution in [1.82, 2.24) is 0 Å². The number of rotatable bonds is 4. The highest BCUT2D eigenvalue weighted by Crippen LogP contribution is 2.23. The van der Waals surface area contributed by atoms with Crippen LogP contribution in [0.3, 0.4) is 0 Å². The summed E-state index contributed by atoms with van der Waals surface area (Å²) in [5.41, 5.74) is 1.11. The molecule has 0 spiro atoms. The van der Waals surface area contributed by atoms with E-state index in [1.54, 1.807) is 7.11 Å². The van der Waals surface area contributed by atoms with Crippen LogP contribution in [-0.4, -0.2) is 13.2 Å². The minimum Gasteiger partial charge on any atom is -0.497 e. The topological polar surface area (TPSA) is 18.5 Å². The molecule has 0 radical (unpaired) electrons. The maximum Gasteiger partial charge on any atom is 0.119 e.